The lowest BCUT2D eigenvalue weighted by atomic mass is 10.3. The minimum absolute atomic E-state index is 0.106. The van der Waals surface area contributed by atoms with Gasteiger partial charge in [-0.25, -0.2) is 0 Å². The SMILES string of the molecule is COc1nc(N)nc(N(CCC#N)C(C)C)n1. The second-order valence-electron chi connectivity index (χ2n) is 3.68. The van der Waals surface area contributed by atoms with Gasteiger partial charge in [-0.3, -0.25) is 0 Å². The molecule has 0 radical (unpaired) electrons. The Kier molecular flexibility index (Phi) is 4.46. The van der Waals surface area contributed by atoms with Gasteiger partial charge in [0.1, 0.15) is 0 Å². The standard InChI is InChI=1S/C10H16N6O/c1-7(2)16(6-4-5-11)9-13-8(12)14-10(15-9)17-3/h7H,4,6H2,1-3H3,(H2,12,13,14,15). The minimum atomic E-state index is 0.106. The van der Waals surface area contributed by atoms with Crippen LogP contribution in [-0.4, -0.2) is 34.6 Å². The van der Waals surface area contributed by atoms with Crippen LogP contribution in [0.1, 0.15) is 20.3 Å². The highest BCUT2D eigenvalue weighted by atomic mass is 16.5. The van der Waals surface area contributed by atoms with Gasteiger partial charge in [-0.2, -0.15) is 20.2 Å². The van der Waals surface area contributed by atoms with Crippen LogP contribution in [0.15, 0.2) is 0 Å². The van der Waals surface area contributed by atoms with E-state index in [1.165, 1.54) is 7.11 Å². The summed E-state index contributed by atoms with van der Waals surface area (Å²) in [7, 11) is 1.47. The molecule has 0 unspecified atom stereocenters. The van der Waals surface area contributed by atoms with Crippen LogP contribution in [0.25, 0.3) is 0 Å². The molecule has 0 aromatic carbocycles. The molecule has 0 saturated heterocycles. The first-order chi connectivity index (χ1) is 8.08. The predicted octanol–water partition coefficient (Wildman–Crippen LogP) is 0.591. The van der Waals surface area contributed by atoms with E-state index < -0.39 is 0 Å². The summed E-state index contributed by atoms with van der Waals surface area (Å²) in [4.78, 5) is 13.9. The third-order valence-corrected chi connectivity index (χ3v) is 2.15. The Hall–Kier alpha value is -2.10. The van der Waals surface area contributed by atoms with Crippen molar-refractivity contribution in [2.45, 2.75) is 26.3 Å². The number of nitrogen functional groups attached to an aromatic ring is 1. The summed E-state index contributed by atoms with van der Waals surface area (Å²) in [6, 6.07) is 2.43. The molecule has 17 heavy (non-hydrogen) atoms. The van der Waals surface area contributed by atoms with Gasteiger partial charge < -0.3 is 15.4 Å². The predicted molar refractivity (Wildman–Crippen MR) is 63.5 cm³/mol. The van der Waals surface area contributed by atoms with Crippen molar-refractivity contribution in [2.75, 3.05) is 24.3 Å². The Labute approximate surface area is 100 Å². The van der Waals surface area contributed by atoms with Crippen LogP contribution in [0.3, 0.4) is 0 Å². The molecule has 0 aliphatic carbocycles. The number of aromatic nitrogens is 3. The van der Waals surface area contributed by atoms with E-state index in [2.05, 4.69) is 21.0 Å². The number of nitrogens with zero attached hydrogens (tertiary/aromatic N) is 5. The molecule has 7 nitrogen and oxygen atoms in total. The molecule has 0 aliphatic rings. The highest BCUT2D eigenvalue weighted by Gasteiger charge is 2.15. The number of ether oxygens (including phenoxy) is 1. The highest BCUT2D eigenvalue weighted by Crippen LogP contribution is 2.15. The fourth-order valence-electron chi connectivity index (χ4n) is 1.34. The summed E-state index contributed by atoms with van der Waals surface area (Å²) >= 11 is 0. The number of nitrogens with two attached hydrogens (primary N) is 1. The number of hydrogen-bond acceptors (Lipinski definition) is 7. The summed E-state index contributed by atoms with van der Waals surface area (Å²) in [6.45, 7) is 4.52. The molecule has 1 aromatic rings. The second-order valence-corrected chi connectivity index (χ2v) is 3.68. The van der Waals surface area contributed by atoms with Crippen molar-refractivity contribution in [1.29, 1.82) is 5.26 Å². The third-order valence-electron chi connectivity index (χ3n) is 2.15. The average molecular weight is 236 g/mol. The van der Waals surface area contributed by atoms with Gasteiger partial charge in [0.05, 0.1) is 19.6 Å². The molecule has 0 atom stereocenters. The fourth-order valence-corrected chi connectivity index (χ4v) is 1.34. The molecule has 2 N–H and O–H groups in total. The van der Waals surface area contributed by atoms with E-state index in [0.717, 1.165) is 0 Å². The van der Waals surface area contributed by atoms with Gasteiger partial charge in [-0.1, -0.05) is 0 Å². The molecular weight excluding hydrogens is 220 g/mol. The summed E-state index contributed by atoms with van der Waals surface area (Å²) in [5, 5.41) is 8.62. The number of rotatable bonds is 5. The Balaban J connectivity index is 3.01. The molecule has 1 heterocycles. The molecular formula is C10H16N6O. The summed E-state index contributed by atoms with van der Waals surface area (Å²) in [5.41, 5.74) is 5.57. The molecule has 1 aromatic heterocycles. The van der Waals surface area contributed by atoms with Crippen molar-refractivity contribution in [2.24, 2.45) is 0 Å². The maximum atomic E-state index is 8.62. The molecule has 92 valence electrons. The molecule has 0 amide bonds. The lowest BCUT2D eigenvalue weighted by Crippen LogP contribution is -2.33. The van der Waals surface area contributed by atoms with Crippen LogP contribution in [0, 0.1) is 11.3 Å². The molecule has 0 saturated carbocycles. The molecule has 0 aliphatic heterocycles. The van der Waals surface area contributed by atoms with Crippen LogP contribution >= 0.6 is 0 Å². The lowest BCUT2D eigenvalue weighted by molar-refractivity contribution is 0.378. The number of hydrogen-bond donors (Lipinski definition) is 1. The van der Waals surface area contributed by atoms with Gasteiger partial charge in [-0.05, 0) is 13.8 Å². The van der Waals surface area contributed by atoms with E-state index in [4.69, 9.17) is 15.7 Å². The van der Waals surface area contributed by atoms with Gasteiger partial charge >= 0.3 is 6.01 Å². The molecule has 0 bridgehead atoms. The van der Waals surface area contributed by atoms with Crippen LogP contribution in [-0.2, 0) is 0 Å². The van der Waals surface area contributed by atoms with Crippen molar-refractivity contribution < 1.29 is 4.74 Å². The van der Waals surface area contributed by atoms with E-state index in [9.17, 15) is 0 Å². The zero-order valence-electron chi connectivity index (χ0n) is 10.2. The maximum absolute atomic E-state index is 8.62. The van der Waals surface area contributed by atoms with Crippen molar-refractivity contribution in [3.8, 4) is 12.1 Å². The topological polar surface area (TPSA) is 101 Å². The number of nitriles is 1. The Bertz CT molecular complexity index is 414. The highest BCUT2D eigenvalue weighted by molar-refractivity contribution is 5.36. The largest absolute Gasteiger partial charge is 0.467 e. The van der Waals surface area contributed by atoms with E-state index in [0.29, 0.717) is 18.9 Å². The first-order valence-corrected chi connectivity index (χ1v) is 5.27. The molecule has 0 spiro atoms. The first-order valence-electron chi connectivity index (χ1n) is 5.27. The van der Waals surface area contributed by atoms with Crippen LogP contribution in [0.4, 0.5) is 11.9 Å². The van der Waals surface area contributed by atoms with E-state index in [1.807, 2.05) is 18.7 Å². The van der Waals surface area contributed by atoms with Crippen molar-refractivity contribution in [3.05, 3.63) is 0 Å². The first kappa shape index (κ1) is 13.0. The average Bonchev–Trinajstić information content (AvgIpc) is 2.28. The summed E-state index contributed by atoms with van der Waals surface area (Å²) in [5.74, 6) is 0.536. The molecule has 7 heteroatoms. The Morgan fingerprint density at radius 2 is 2.12 bits per heavy atom. The van der Waals surface area contributed by atoms with Gasteiger partial charge in [-0.15, -0.1) is 0 Å². The van der Waals surface area contributed by atoms with Crippen molar-refractivity contribution in [1.82, 2.24) is 15.0 Å². The van der Waals surface area contributed by atoms with Gasteiger partial charge in [0.2, 0.25) is 11.9 Å². The monoisotopic (exact) mass is 236 g/mol. The van der Waals surface area contributed by atoms with E-state index >= 15 is 0 Å². The zero-order valence-corrected chi connectivity index (χ0v) is 10.2. The van der Waals surface area contributed by atoms with E-state index in [-0.39, 0.29) is 18.0 Å². The Morgan fingerprint density at radius 3 is 2.65 bits per heavy atom. The number of anilines is 2. The van der Waals surface area contributed by atoms with Gasteiger partial charge in [0, 0.05) is 12.6 Å². The second kappa shape index (κ2) is 5.84. The molecule has 0 fully saturated rings. The maximum Gasteiger partial charge on any atom is 0.322 e. The third kappa shape index (κ3) is 3.45. The number of methoxy groups -OCH3 is 1. The van der Waals surface area contributed by atoms with Crippen molar-refractivity contribution >= 4 is 11.9 Å². The zero-order chi connectivity index (χ0) is 12.8. The Morgan fingerprint density at radius 1 is 1.41 bits per heavy atom. The van der Waals surface area contributed by atoms with Gasteiger partial charge in [0.15, 0.2) is 0 Å². The van der Waals surface area contributed by atoms with Crippen LogP contribution in [0.2, 0.25) is 0 Å². The van der Waals surface area contributed by atoms with E-state index in [1.54, 1.807) is 0 Å². The quantitative estimate of drug-likeness (QED) is 0.798. The summed E-state index contributed by atoms with van der Waals surface area (Å²) in [6.07, 6.45) is 0.395. The lowest BCUT2D eigenvalue weighted by Gasteiger charge is -2.25. The van der Waals surface area contributed by atoms with Crippen LogP contribution in [0.5, 0.6) is 6.01 Å². The van der Waals surface area contributed by atoms with Crippen molar-refractivity contribution in [3.63, 3.8) is 0 Å². The minimum Gasteiger partial charge on any atom is -0.467 e. The normalized spacial score (nSPS) is 10.1. The van der Waals surface area contributed by atoms with Crippen LogP contribution < -0.4 is 15.4 Å². The van der Waals surface area contributed by atoms with Gasteiger partial charge in [0.25, 0.3) is 0 Å². The molecule has 1 rings (SSSR count). The smallest absolute Gasteiger partial charge is 0.322 e. The summed E-state index contributed by atoms with van der Waals surface area (Å²) < 4.78 is 4.94. The fraction of sp³-hybridized carbons (Fsp3) is 0.600.